The Hall–Kier alpha value is -1.76. The zero-order valence-corrected chi connectivity index (χ0v) is 9.89. The minimum absolute atomic E-state index is 0.0242. The third-order valence-electron chi connectivity index (χ3n) is 2.23. The van der Waals surface area contributed by atoms with Crippen LogP contribution in [0.25, 0.3) is 0 Å². The Morgan fingerprint density at radius 2 is 2.00 bits per heavy atom. The molecule has 7 heteroatoms. The molecule has 0 fully saturated rings. The van der Waals surface area contributed by atoms with E-state index in [1.807, 2.05) is 0 Å². The van der Waals surface area contributed by atoms with Crippen molar-refractivity contribution in [2.24, 2.45) is 0 Å². The van der Waals surface area contributed by atoms with Gasteiger partial charge in [-0.3, -0.25) is 0 Å². The molecule has 3 nitrogen and oxygen atoms in total. The van der Waals surface area contributed by atoms with Crippen molar-refractivity contribution in [1.82, 2.24) is 4.37 Å². The van der Waals surface area contributed by atoms with Gasteiger partial charge in [-0.25, -0.2) is 0 Å². The number of aromatic nitrogens is 1. The maximum absolute atomic E-state index is 12.7. The lowest BCUT2D eigenvalue weighted by atomic mass is 10.2. The van der Waals surface area contributed by atoms with E-state index in [0.717, 1.165) is 17.6 Å². The third kappa shape index (κ3) is 2.73. The number of nitrogens with two attached hydrogens (primary N) is 1. The first-order chi connectivity index (χ1) is 8.48. The molecule has 0 atom stereocenters. The van der Waals surface area contributed by atoms with Gasteiger partial charge in [0.15, 0.2) is 0 Å². The van der Waals surface area contributed by atoms with Crippen molar-refractivity contribution in [2.45, 2.75) is 12.8 Å². The molecule has 0 aliphatic carbocycles. The second-order valence-corrected chi connectivity index (χ2v) is 4.37. The van der Waals surface area contributed by atoms with Crippen LogP contribution in [0.5, 0.6) is 5.75 Å². The van der Waals surface area contributed by atoms with Gasteiger partial charge in [-0.05, 0) is 23.7 Å². The lowest BCUT2D eigenvalue weighted by Crippen LogP contribution is -2.08. The number of nitrogen functional groups attached to an aromatic ring is 1. The lowest BCUT2D eigenvalue weighted by molar-refractivity contribution is -0.139. The monoisotopic (exact) mass is 274 g/mol. The molecule has 1 aromatic carbocycles. The number of para-hydroxylation sites is 1. The highest BCUT2D eigenvalue weighted by Crippen LogP contribution is 2.36. The van der Waals surface area contributed by atoms with Gasteiger partial charge < -0.3 is 10.5 Å². The molecule has 0 aliphatic heterocycles. The molecule has 0 radical (unpaired) electrons. The molecule has 0 bridgehead atoms. The minimum Gasteiger partial charge on any atom is -0.487 e. The molecule has 2 N–H and O–H groups in total. The maximum Gasteiger partial charge on any atom is 0.419 e. The molecule has 0 saturated heterocycles. The van der Waals surface area contributed by atoms with Gasteiger partial charge in [0.1, 0.15) is 12.4 Å². The molecule has 0 saturated carbocycles. The fourth-order valence-corrected chi connectivity index (χ4v) is 1.91. The SMILES string of the molecule is Nc1cnsc1COc1ccccc1C(F)(F)F. The molecular weight excluding hydrogens is 265 g/mol. The van der Waals surface area contributed by atoms with E-state index >= 15 is 0 Å². The quantitative estimate of drug-likeness (QED) is 0.934. The van der Waals surface area contributed by atoms with E-state index in [9.17, 15) is 13.2 Å². The third-order valence-corrected chi connectivity index (χ3v) is 3.01. The van der Waals surface area contributed by atoms with E-state index in [1.165, 1.54) is 24.4 Å². The van der Waals surface area contributed by atoms with E-state index < -0.39 is 11.7 Å². The Kier molecular flexibility index (Phi) is 3.42. The molecular formula is C11H9F3N2OS. The largest absolute Gasteiger partial charge is 0.487 e. The summed E-state index contributed by atoms with van der Waals surface area (Å²) >= 11 is 1.10. The number of halogens is 3. The van der Waals surface area contributed by atoms with Crippen LogP contribution in [-0.4, -0.2) is 4.37 Å². The van der Waals surface area contributed by atoms with Crippen LogP contribution < -0.4 is 10.5 Å². The number of rotatable bonds is 3. The summed E-state index contributed by atoms with van der Waals surface area (Å²) in [6, 6.07) is 5.06. The highest BCUT2D eigenvalue weighted by Gasteiger charge is 2.34. The second kappa shape index (κ2) is 4.85. The summed E-state index contributed by atoms with van der Waals surface area (Å²) in [5.74, 6) is -0.210. The van der Waals surface area contributed by atoms with Crippen LogP contribution in [0.2, 0.25) is 0 Å². The Morgan fingerprint density at radius 1 is 1.28 bits per heavy atom. The van der Waals surface area contributed by atoms with Crippen LogP contribution in [-0.2, 0) is 12.8 Å². The summed E-state index contributed by atoms with van der Waals surface area (Å²) < 4.78 is 47.0. The highest BCUT2D eigenvalue weighted by molar-refractivity contribution is 7.06. The maximum atomic E-state index is 12.7. The number of hydrogen-bond acceptors (Lipinski definition) is 4. The summed E-state index contributed by atoms with van der Waals surface area (Å²) in [5, 5.41) is 0. The number of benzene rings is 1. The molecule has 0 amide bonds. The summed E-state index contributed by atoms with van der Waals surface area (Å²) in [6.07, 6.45) is -2.99. The Balaban J connectivity index is 2.17. The zero-order valence-electron chi connectivity index (χ0n) is 9.07. The Morgan fingerprint density at radius 3 is 2.61 bits per heavy atom. The predicted octanol–water partition coefficient (Wildman–Crippen LogP) is 3.32. The number of nitrogens with zero attached hydrogens (tertiary/aromatic N) is 1. The van der Waals surface area contributed by atoms with Gasteiger partial charge in [0.25, 0.3) is 0 Å². The molecule has 1 heterocycles. The van der Waals surface area contributed by atoms with Crippen molar-refractivity contribution < 1.29 is 17.9 Å². The average Bonchev–Trinajstić information content (AvgIpc) is 2.71. The fourth-order valence-electron chi connectivity index (χ4n) is 1.35. The molecule has 0 spiro atoms. The molecule has 1 aromatic heterocycles. The standard InChI is InChI=1S/C11H9F3N2OS/c12-11(13,14)7-3-1-2-4-9(7)17-6-10-8(15)5-16-18-10/h1-5H,6,15H2. The number of alkyl halides is 3. The van der Waals surface area contributed by atoms with Crippen LogP contribution >= 0.6 is 11.5 Å². The van der Waals surface area contributed by atoms with E-state index in [1.54, 1.807) is 0 Å². The van der Waals surface area contributed by atoms with Gasteiger partial charge in [0.05, 0.1) is 22.3 Å². The van der Waals surface area contributed by atoms with Crippen LogP contribution in [0, 0.1) is 0 Å². The lowest BCUT2D eigenvalue weighted by Gasteiger charge is -2.13. The van der Waals surface area contributed by atoms with Crippen molar-refractivity contribution in [3.05, 3.63) is 40.9 Å². The number of ether oxygens (including phenoxy) is 1. The zero-order chi connectivity index (χ0) is 13.2. The van der Waals surface area contributed by atoms with Crippen molar-refractivity contribution in [3.8, 4) is 5.75 Å². The van der Waals surface area contributed by atoms with Crippen LogP contribution in [0.15, 0.2) is 30.5 Å². The van der Waals surface area contributed by atoms with Crippen LogP contribution in [0.4, 0.5) is 18.9 Å². The van der Waals surface area contributed by atoms with Crippen molar-refractivity contribution >= 4 is 17.2 Å². The summed E-state index contributed by atoms with van der Waals surface area (Å²) in [5.41, 5.74) is 5.20. The average molecular weight is 274 g/mol. The van der Waals surface area contributed by atoms with Gasteiger partial charge in [0.2, 0.25) is 0 Å². The normalized spacial score (nSPS) is 11.5. The van der Waals surface area contributed by atoms with Gasteiger partial charge in [-0.1, -0.05) is 12.1 Å². The van der Waals surface area contributed by atoms with Crippen molar-refractivity contribution in [1.29, 1.82) is 0 Å². The molecule has 96 valence electrons. The predicted molar refractivity (Wildman–Crippen MR) is 62.3 cm³/mol. The topological polar surface area (TPSA) is 48.1 Å². The van der Waals surface area contributed by atoms with E-state index in [2.05, 4.69) is 4.37 Å². The van der Waals surface area contributed by atoms with E-state index in [-0.39, 0.29) is 12.4 Å². The summed E-state index contributed by atoms with van der Waals surface area (Å²) in [4.78, 5) is 0.604. The van der Waals surface area contributed by atoms with E-state index in [0.29, 0.717) is 10.6 Å². The highest BCUT2D eigenvalue weighted by atomic mass is 32.1. The van der Waals surface area contributed by atoms with Crippen LogP contribution in [0.3, 0.4) is 0 Å². The summed E-state index contributed by atoms with van der Waals surface area (Å²) in [7, 11) is 0. The minimum atomic E-state index is -4.43. The van der Waals surface area contributed by atoms with Gasteiger partial charge in [0, 0.05) is 0 Å². The smallest absolute Gasteiger partial charge is 0.419 e. The van der Waals surface area contributed by atoms with Crippen LogP contribution in [0.1, 0.15) is 10.4 Å². The molecule has 18 heavy (non-hydrogen) atoms. The molecule has 0 unspecified atom stereocenters. The van der Waals surface area contributed by atoms with Gasteiger partial charge in [-0.2, -0.15) is 17.5 Å². The van der Waals surface area contributed by atoms with Crippen molar-refractivity contribution in [2.75, 3.05) is 5.73 Å². The molecule has 2 aromatic rings. The Labute approximate surface area is 105 Å². The van der Waals surface area contributed by atoms with Gasteiger partial charge in [-0.15, -0.1) is 0 Å². The number of anilines is 1. The molecule has 0 aliphatic rings. The first-order valence-corrected chi connectivity index (χ1v) is 5.74. The first-order valence-electron chi connectivity index (χ1n) is 4.96. The van der Waals surface area contributed by atoms with E-state index in [4.69, 9.17) is 10.5 Å². The number of hydrogen-bond donors (Lipinski definition) is 1. The Bertz CT molecular complexity index is 539. The second-order valence-electron chi connectivity index (χ2n) is 3.49. The van der Waals surface area contributed by atoms with Crippen molar-refractivity contribution in [3.63, 3.8) is 0 Å². The summed E-state index contributed by atoms with van der Waals surface area (Å²) in [6.45, 7) is -0.0242. The molecule has 2 rings (SSSR count). The fraction of sp³-hybridized carbons (Fsp3) is 0.182. The first kappa shape index (κ1) is 12.7. The van der Waals surface area contributed by atoms with Gasteiger partial charge >= 0.3 is 6.18 Å².